The van der Waals surface area contributed by atoms with Gasteiger partial charge in [-0.1, -0.05) is 25.1 Å². The first-order valence-corrected chi connectivity index (χ1v) is 8.15. The van der Waals surface area contributed by atoms with Gasteiger partial charge in [0.15, 0.2) is 0 Å². The van der Waals surface area contributed by atoms with Crippen LogP contribution in [0.4, 0.5) is 4.79 Å². The van der Waals surface area contributed by atoms with Crippen molar-refractivity contribution in [3.05, 3.63) is 41.1 Å². The molecule has 0 fully saturated rings. The molecule has 0 radical (unpaired) electrons. The maximum absolute atomic E-state index is 12.5. The van der Waals surface area contributed by atoms with Crippen LogP contribution in [-0.2, 0) is 9.53 Å². The van der Waals surface area contributed by atoms with Crippen LogP contribution in [0.3, 0.4) is 0 Å². The van der Waals surface area contributed by atoms with Gasteiger partial charge in [0, 0.05) is 18.3 Å². The second-order valence-corrected chi connectivity index (χ2v) is 5.55. The van der Waals surface area contributed by atoms with E-state index in [4.69, 9.17) is 9.47 Å². The van der Waals surface area contributed by atoms with Gasteiger partial charge in [0.1, 0.15) is 5.75 Å². The van der Waals surface area contributed by atoms with E-state index in [9.17, 15) is 9.59 Å². The lowest BCUT2D eigenvalue weighted by atomic mass is 9.94. The third-order valence-electron chi connectivity index (χ3n) is 3.94. The number of allylic oxidation sites excluding steroid dienone is 1. The smallest absolute Gasteiger partial charge is 0.338 e. The third kappa shape index (κ3) is 3.53. The van der Waals surface area contributed by atoms with E-state index in [-0.39, 0.29) is 12.6 Å². The topological polar surface area (TPSA) is 67.9 Å². The molecule has 1 N–H and O–H groups in total. The number of benzene rings is 1. The minimum Gasteiger partial charge on any atom is -0.493 e. The van der Waals surface area contributed by atoms with Gasteiger partial charge in [-0.3, -0.25) is 0 Å². The van der Waals surface area contributed by atoms with Crippen LogP contribution in [0.5, 0.6) is 5.75 Å². The molecule has 0 aliphatic carbocycles. The van der Waals surface area contributed by atoms with Gasteiger partial charge < -0.3 is 19.7 Å². The summed E-state index contributed by atoms with van der Waals surface area (Å²) >= 11 is 0. The quantitative estimate of drug-likeness (QED) is 0.813. The maximum atomic E-state index is 12.5. The molecule has 1 aliphatic heterocycles. The van der Waals surface area contributed by atoms with Crippen molar-refractivity contribution in [1.82, 2.24) is 10.2 Å². The summed E-state index contributed by atoms with van der Waals surface area (Å²) < 4.78 is 11.0. The number of nitrogens with zero attached hydrogens (tertiary/aromatic N) is 1. The van der Waals surface area contributed by atoms with Crippen LogP contribution >= 0.6 is 0 Å². The first-order chi connectivity index (χ1) is 11.5. The first-order valence-electron chi connectivity index (χ1n) is 8.15. The van der Waals surface area contributed by atoms with E-state index in [0.29, 0.717) is 23.6 Å². The zero-order chi connectivity index (χ0) is 17.7. The highest BCUT2D eigenvalue weighted by Crippen LogP contribution is 2.35. The average molecular weight is 332 g/mol. The lowest BCUT2D eigenvalue weighted by Gasteiger charge is -2.33. The molecule has 6 heteroatoms. The van der Waals surface area contributed by atoms with E-state index in [1.54, 1.807) is 20.9 Å². The number of carbonyl (C=O) groups excluding carboxylic acids is 2. The van der Waals surface area contributed by atoms with Crippen molar-refractivity contribution < 1.29 is 19.1 Å². The fourth-order valence-electron chi connectivity index (χ4n) is 2.60. The Morgan fingerprint density at radius 3 is 2.67 bits per heavy atom. The van der Waals surface area contributed by atoms with Gasteiger partial charge in [0.2, 0.25) is 0 Å². The summed E-state index contributed by atoms with van der Waals surface area (Å²) in [6.45, 7) is 6.36. The van der Waals surface area contributed by atoms with Crippen LogP contribution in [0.15, 0.2) is 35.5 Å². The summed E-state index contributed by atoms with van der Waals surface area (Å²) in [5.74, 6) is 0.223. The predicted molar refractivity (Wildman–Crippen MR) is 90.6 cm³/mol. The Balaban J connectivity index is 2.50. The molecule has 1 aliphatic rings. The Morgan fingerprint density at radius 1 is 1.29 bits per heavy atom. The summed E-state index contributed by atoms with van der Waals surface area (Å²) in [6, 6.07) is 6.56. The highest BCUT2D eigenvalue weighted by Gasteiger charge is 2.36. The fraction of sp³-hybridized carbons (Fsp3) is 0.444. The number of amides is 2. The highest BCUT2D eigenvalue weighted by molar-refractivity contribution is 5.95. The number of rotatable bonds is 6. The molecule has 1 aromatic carbocycles. The van der Waals surface area contributed by atoms with Crippen LogP contribution < -0.4 is 10.1 Å². The van der Waals surface area contributed by atoms with Crippen LogP contribution in [0, 0.1) is 0 Å². The molecule has 6 nitrogen and oxygen atoms in total. The summed E-state index contributed by atoms with van der Waals surface area (Å²) in [5, 5.41) is 2.87. The molecule has 1 aromatic rings. The lowest BCUT2D eigenvalue weighted by molar-refractivity contribution is -0.139. The Labute approximate surface area is 142 Å². The van der Waals surface area contributed by atoms with E-state index in [1.807, 2.05) is 31.2 Å². The molecule has 0 saturated carbocycles. The number of carbonyl (C=O) groups is 2. The number of hydrogen-bond donors (Lipinski definition) is 1. The number of urea groups is 1. The fourth-order valence-corrected chi connectivity index (χ4v) is 2.60. The number of ether oxygens (including phenoxy) is 2. The Morgan fingerprint density at radius 2 is 2.00 bits per heavy atom. The minimum atomic E-state index is -0.596. The molecule has 2 amide bonds. The van der Waals surface area contributed by atoms with Gasteiger partial charge in [0.25, 0.3) is 0 Å². The normalized spacial score (nSPS) is 17.6. The average Bonchev–Trinajstić information content (AvgIpc) is 2.58. The van der Waals surface area contributed by atoms with Crippen LogP contribution in [-0.4, -0.2) is 37.2 Å². The predicted octanol–water partition coefficient (Wildman–Crippen LogP) is 3.01. The molecule has 2 rings (SSSR count). The maximum Gasteiger partial charge on any atom is 0.338 e. The lowest BCUT2D eigenvalue weighted by Crippen LogP contribution is -2.46. The molecule has 1 heterocycles. The Bertz CT molecular complexity index is 654. The summed E-state index contributed by atoms with van der Waals surface area (Å²) in [4.78, 5) is 26.1. The molecule has 24 heavy (non-hydrogen) atoms. The molecular weight excluding hydrogens is 308 g/mol. The second-order valence-electron chi connectivity index (χ2n) is 5.55. The third-order valence-corrected chi connectivity index (χ3v) is 3.94. The SMILES string of the molecule is CCCOc1ccccc1C1NC(=O)N(C)C(C)=C1C(=O)OCC. The van der Waals surface area contributed by atoms with Crippen molar-refractivity contribution in [2.75, 3.05) is 20.3 Å². The minimum absolute atomic E-state index is 0.268. The van der Waals surface area contributed by atoms with Crippen LogP contribution in [0.25, 0.3) is 0 Å². The molecule has 0 aromatic heterocycles. The number of nitrogens with one attached hydrogen (secondary N) is 1. The van der Waals surface area contributed by atoms with E-state index in [0.717, 1.165) is 12.0 Å². The molecular formula is C18H24N2O4. The monoisotopic (exact) mass is 332 g/mol. The van der Waals surface area contributed by atoms with Gasteiger partial charge in [-0.15, -0.1) is 0 Å². The van der Waals surface area contributed by atoms with E-state index in [1.165, 1.54) is 4.90 Å². The van der Waals surface area contributed by atoms with Gasteiger partial charge in [-0.25, -0.2) is 9.59 Å². The molecule has 1 unspecified atom stereocenters. The van der Waals surface area contributed by atoms with Crippen molar-refractivity contribution in [2.24, 2.45) is 0 Å². The van der Waals surface area contributed by atoms with Gasteiger partial charge >= 0.3 is 12.0 Å². The molecule has 0 bridgehead atoms. The van der Waals surface area contributed by atoms with Crippen molar-refractivity contribution in [3.63, 3.8) is 0 Å². The highest BCUT2D eigenvalue weighted by atomic mass is 16.5. The van der Waals surface area contributed by atoms with Crippen molar-refractivity contribution >= 4 is 12.0 Å². The molecule has 0 spiro atoms. The van der Waals surface area contributed by atoms with Crippen LogP contribution in [0.2, 0.25) is 0 Å². The summed E-state index contributed by atoms with van der Waals surface area (Å²) in [6.07, 6.45) is 0.869. The zero-order valence-electron chi connectivity index (χ0n) is 14.6. The number of hydrogen-bond acceptors (Lipinski definition) is 4. The first kappa shape index (κ1) is 17.8. The zero-order valence-corrected chi connectivity index (χ0v) is 14.6. The molecule has 1 atom stereocenters. The Hall–Kier alpha value is -2.50. The van der Waals surface area contributed by atoms with Gasteiger partial charge in [-0.2, -0.15) is 0 Å². The van der Waals surface area contributed by atoms with E-state index in [2.05, 4.69) is 5.32 Å². The summed E-state index contributed by atoms with van der Waals surface area (Å²) in [7, 11) is 1.62. The van der Waals surface area contributed by atoms with E-state index < -0.39 is 12.0 Å². The number of esters is 1. The van der Waals surface area contributed by atoms with Crippen molar-refractivity contribution in [3.8, 4) is 5.75 Å². The molecule has 130 valence electrons. The van der Waals surface area contributed by atoms with Gasteiger partial charge in [-0.05, 0) is 26.3 Å². The number of para-hydroxylation sites is 1. The van der Waals surface area contributed by atoms with Crippen LogP contribution in [0.1, 0.15) is 38.8 Å². The van der Waals surface area contributed by atoms with Gasteiger partial charge in [0.05, 0.1) is 24.8 Å². The summed E-state index contributed by atoms with van der Waals surface area (Å²) in [5.41, 5.74) is 1.74. The van der Waals surface area contributed by atoms with Crippen molar-refractivity contribution in [2.45, 2.75) is 33.2 Å². The Kier molecular flexibility index (Phi) is 5.84. The second kappa shape index (κ2) is 7.86. The largest absolute Gasteiger partial charge is 0.493 e. The van der Waals surface area contributed by atoms with Crippen molar-refractivity contribution in [1.29, 1.82) is 0 Å². The molecule has 0 saturated heterocycles. The van der Waals surface area contributed by atoms with E-state index >= 15 is 0 Å². The standard InChI is InChI=1S/C18H24N2O4/c1-5-11-24-14-10-8-7-9-13(14)16-15(17(21)23-6-2)12(3)20(4)18(22)19-16/h7-10,16H,5-6,11H2,1-4H3,(H,19,22).